The molecule has 0 radical (unpaired) electrons. The van der Waals surface area contributed by atoms with E-state index in [-0.39, 0.29) is 0 Å². The SMILES string of the molecule is COc1ccc(C(=N/C=C/c2ccccc2)c2ccc(OC)cc2)cc1. The monoisotopic (exact) mass is 343 g/mol. The van der Waals surface area contributed by atoms with Gasteiger partial charge in [0.1, 0.15) is 11.5 Å². The van der Waals surface area contributed by atoms with Crippen molar-refractivity contribution in [2.75, 3.05) is 14.2 Å². The molecule has 0 atom stereocenters. The van der Waals surface area contributed by atoms with Gasteiger partial charge in [0.2, 0.25) is 0 Å². The molecule has 130 valence electrons. The van der Waals surface area contributed by atoms with Gasteiger partial charge in [-0.1, -0.05) is 30.3 Å². The maximum atomic E-state index is 5.25. The van der Waals surface area contributed by atoms with Crippen molar-refractivity contribution in [3.63, 3.8) is 0 Å². The molecule has 0 aliphatic rings. The Balaban J connectivity index is 1.96. The van der Waals surface area contributed by atoms with Gasteiger partial charge in [0, 0.05) is 17.3 Å². The molecule has 3 aromatic carbocycles. The van der Waals surface area contributed by atoms with Gasteiger partial charge in [0.15, 0.2) is 0 Å². The summed E-state index contributed by atoms with van der Waals surface area (Å²) in [6.07, 6.45) is 3.83. The number of hydrogen-bond donors (Lipinski definition) is 0. The Morgan fingerprint density at radius 3 is 1.65 bits per heavy atom. The highest BCUT2D eigenvalue weighted by Gasteiger charge is 2.07. The lowest BCUT2D eigenvalue weighted by Gasteiger charge is -2.08. The van der Waals surface area contributed by atoms with Gasteiger partial charge in [-0.3, -0.25) is 4.99 Å². The molecule has 26 heavy (non-hydrogen) atoms. The number of ether oxygens (including phenoxy) is 2. The van der Waals surface area contributed by atoms with E-state index in [9.17, 15) is 0 Å². The summed E-state index contributed by atoms with van der Waals surface area (Å²) < 4.78 is 10.5. The molecule has 0 heterocycles. The third kappa shape index (κ3) is 4.39. The maximum absolute atomic E-state index is 5.25. The lowest BCUT2D eigenvalue weighted by Crippen LogP contribution is -2.03. The fourth-order valence-corrected chi connectivity index (χ4v) is 2.58. The molecule has 0 unspecified atom stereocenters. The first-order valence-corrected chi connectivity index (χ1v) is 8.38. The van der Waals surface area contributed by atoms with Gasteiger partial charge in [-0.2, -0.15) is 0 Å². The third-order valence-corrected chi connectivity index (χ3v) is 4.00. The third-order valence-electron chi connectivity index (χ3n) is 4.00. The van der Waals surface area contributed by atoms with Gasteiger partial charge in [-0.15, -0.1) is 0 Å². The van der Waals surface area contributed by atoms with Crippen LogP contribution in [0.2, 0.25) is 0 Å². The van der Waals surface area contributed by atoms with E-state index in [4.69, 9.17) is 14.5 Å². The highest BCUT2D eigenvalue weighted by atomic mass is 16.5. The average molecular weight is 343 g/mol. The highest BCUT2D eigenvalue weighted by Crippen LogP contribution is 2.19. The van der Waals surface area contributed by atoms with Crippen LogP contribution in [-0.2, 0) is 0 Å². The Hall–Kier alpha value is -3.33. The first-order valence-electron chi connectivity index (χ1n) is 8.38. The van der Waals surface area contributed by atoms with Gasteiger partial charge in [-0.25, -0.2) is 0 Å². The zero-order chi connectivity index (χ0) is 18.2. The van der Waals surface area contributed by atoms with Crippen molar-refractivity contribution < 1.29 is 9.47 Å². The fraction of sp³-hybridized carbons (Fsp3) is 0.0870. The summed E-state index contributed by atoms with van der Waals surface area (Å²) in [5, 5.41) is 0. The molecule has 0 bridgehead atoms. The molecule has 0 saturated heterocycles. The number of nitrogens with zero attached hydrogens (tertiary/aromatic N) is 1. The molecule has 0 N–H and O–H groups in total. The quantitative estimate of drug-likeness (QED) is 0.575. The largest absolute Gasteiger partial charge is 0.497 e. The smallest absolute Gasteiger partial charge is 0.118 e. The average Bonchev–Trinajstić information content (AvgIpc) is 2.72. The minimum atomic E-state index is 0.822. The lowest BCUT2D eigenvalue weighted by molar-refractivity contribution is 0.414. The molecule has 0 amide bonds. The molecule has 3 nitrogen and oxygen atoms in total. The van der Waals surface area contributed by atoms with E-state index in [1.165, 1.54) is 0 Å². The Labute approximate surface area is 154 Å². The van der Waals surface area contributed by atoms with Crippen molar-refractivity contribution in [1.82, 2.24) is 0 Å². The lowest BCUT2D eigenvalue weighted by atomic mass is 10.0. The zero-order valence-electron chi connectivity index (χ0n) is 14.9. The molecule has 0 fully saturated rings. The first-order chi connectivity index (χ1) is 12.8. The molecular formula is C23H21NO2. The standard InChI is InChI=1S/C23H21NO2/c1-25-21-12-8-19(9-13-21)23(20-10-14-22(26-2)15-11-20)24-17-16-18-6-4-3-5-7-18/h3-17H,1-2H3/b17-16+. The number of methoxy groups -OCH3 is 2. The molecule has 3 heteroatoms. The van der Waals surface area contributed by atoms with Crippen LogP contribution in [0.15, 0.2) is 90.1 Å². The van der Waals surface area contributed by atoms with E-state index in [0.717, 1.165) is 33.9 Å². The van der Waals surface area contributed by atoms with E-state index < -0.39 is 0 Å². The van der Waals surface area contributed by atoms with E-state index >= 15 is 0 Å². The molecule has 0 aliphatic carbocycles. The summed E-state index contributed by atoms with van der Waals surface area (Å²) in [6, 6.07) is 25.9. The second-order valence-corrected chi connectivity index (χ2v) is 5.66. The Kier molecular flexibility index (Phi) is 5.84. The second-order valence-electron chi connectivity index (χ2n) is 5.66. The van der Waals surface area contributed by atoms with Crippen molar-refractivity contribution in [3.05, 3.63) is 102 Å². The first kappa shape index (κ1) is 17.5. The summed E-state index contributed by atoms with van der Waals surface area (Å²) in [4.78, 5) is 4.72. The number of rotatable bonds is 6. The summed E-state index contributed by atoms with van der Waals surface area (Å²) in [7, 11) is 3.33. The van der Waals surface area contributed by atoms with Crippen LogP contribution in [0.1, 0.15) is 16.7 Å². The van der Waals surface area contributed by atoms with Crippen LogP contribution >= 0.6 is 0 Å². The van der Waals surface area contributed by atoms with Crippen molar-refractivity contribution in [2.45, 2.75) is 0 Å². The molecule has 3 aromatic rings. The van der Waals surface area contributed by atoms with E-state index in [0.29, 0.717) is 0 Å². The van der Waals surface area contributed by atoms with Crippen molar-refractivity contribution >= 4 is 11.8 Å². The second kappa shape index (κ2) is 8.67. The predicted molar refractivity (Wildman–Crippen MR) is 107 cm³/mol. The van der Waals surface area contributed by atoms with Gasteiger partial charge in [0.25, 0.3) is 0 Å². The molecule has 0 aliphatic heterocycles. The predicted octanol–water partition coefficient (Wildman–Crippen LogP) is 5.21. The van der Waals surface area contributed by atoms with Crippen molar-refractivity contribution in [2.24, 2.45) is 4.99 Å². The van der Waals surface area contributed by atoms with E-state index in [1.54, 1.807) is 14.2 Å². The summed E-state index contributed by atoms with van der Waals surface area (Å²) >= 11 is 0. The number of benzene rings is 3. The molecular weight excluding hydrogens is 322 g/mol. The van der Waals surface area contributed by atoms with E-state index in [1.807, 2.05) is 91.1 Å². The Bertz CT molecular complexity index is 830. The normalized spacial score (nSPS) is 10.5. The summed E-state index contributed by atoms with van der Waals surface area (Å²) in [5.74, 6) is 1.64. The summed E-state index contributed by atoms with van der Waals surface area (Å²) in [6.45, 7) is 0. The van der Waals surface area contributed by atoms with Crippen LogP contribution in [0.5, 0.6) is 11.5 Å². The number of aliphatic imine (C=N–C) groups is 1. The Morgan fingerprint density at radius 1 is 0.692 bits per heavy atom. The zero-order valence-corrected chi connectivity index (χ0v) is 14.9. The van der Waals surface area contributed by atoms with Crippen LogP contribution in [0.4, 0.5) is 0 Å². The topological polar surface area (TPSA) is 30.8 Å². The molecule has 0 aromatic heterocycles. The van der Waals surface area contributed by atoms with Gasteiger partial charge < -0.3 is 9.47 Å². The van der Waals surface area contributed by atoms with Gasteiger partial charge in [0.05, 0.1) is 19.9 Å². The van der Waals surface area contributed by atoms with Crippen molar-refractivity contribution in [3.8, 4) is 11.5 Å². The van der Waals surface area contributed by atoms with Crippen LogP contribution in [0.25, 0.3) is 6.08 Å². The van der Waals surface area contributed by atoms with Gasteiger partial charge in [-0.05, 0) is 60.2 Å². The van der Waals surface area contributed by atoms with Crippen molar-refractivity contribution in [1.29, 1.82) is 0 Å². The molecule has 0 saturated carbocycles. The minimum absolute atomic E-state index is 0.822. The van der Waals surface area contributed by atoms with E-state index in [2.05, 4.69) is 0 Å². The Morgan fingerprint density at radius 2 is 1.19 bits per heavy atom. The van der Waals surface area contributed by atoms with Crippen LogP contribution < -0.4 is 9.47 Å². The van der Waals surface area contributed by atoms with Gasteiger partial charge >= 0.3 is 0 Å². The summed E-state index contributed by atoms with van der Waals surface area (Å²) in [5.41, 5.74) is 4.05. The minimum Gasteiger partial charge on any atom is -0.497 e. The van der Waals surface area contributed by atoms with Crippen LogP contribution in [-0.4, -0.2) is 19.9 Å². The fourth-order valence-electron chi connectivity index (χ4n) is 2.58. The number of hydrogen-bond acceptors (Lipinski definition) is 3. The van der Waals surface area contributed by atoms with Crippen LogP contribution in [0.3, 0.4) is 0 Å². The highest BCUT2D eigenvalue weighted by molar-refractivity contribution is 6.13. The molecule has 3 rings (SSSR count). The maximum Gasteiger partial charge on any atom is 0.118 e. The van der Waals surface area contributed by atoms with Crippen LogP contribution in [0, 0.1) is 0 Å². The molecule has 0 spiro atoms.